The van der Waals surface area contributed by atoms with E-state index in [1.165, 1.54) is 6.07 Å². The Hall–Kier alpha value is -2.37. The second kappa shape index (κ2) is 4.87. The summed E-state index contributed by atoms with van der Waals surface area (Å²) in [5.74, 6) is -0.543. The number of anilines is 2. The van der Waals surface area contributed by atoms with Gasteiger partial charge in [-0.25, -0.2) is 9.78 Å². The zero-order valence-corrected chi connectivity index (χ0v) is 10.2. The molecule has 2 aromatic rings. The van der Waals surface area contributed by atoms with E-state index in [1.54, 1.807) is 16.8 Å². The zero-order valence-electron chi connectivity index (χ0n) is 10.2. The number of nitrogens with zero attached hydrogens (tertiary/aromatic N) is 3. The van der Waals surface area contributed by atoms with Crippen molar-refractivity contribution in [1.29, 1.82) is 0 Å². The number of aromatic nitrogens is 3. The largest absolute Gasteiger partial charge is 0.477 e. The van der Waals surface area contributed by atoms with Gasteiger partial charge in [-0.15, -0.1) is 0 Å². The van der Waals surface area contributed by atoms with Gasteiger partial charge in [0.25, 0.3) is 0 Å². The smallest absolute Gasteiger partial charge is 0.354 e. The molecule has 18 heavy (non-hydrogen) atoms. The number of aromatic carboxylic acids is 1. The normalized spacial score (nSPS) is 10.3. The van der Waals surface area contributed by atoms with Crippen LogP contribution >= 0.6 is 0 Å². The Morgan fingerprint density at radius 3 is 2.94 bits per heavy atom. The monoisotopic (exact) mass is 246 g/mol. The molecule has 0 radical (unpaired) electrons. The lowest BCUT2D eigenvalue weighted by Crippen LogP contribution is -2.03. The third kappa shape index (κ3) is 2.48. The Kier molecular flexibility index (Phi) is 3.27. The minimum Gasteiger partial charge on any atom is -0.477 e. The van der Waals surface area contributed by atoms with Gasteiger partial charge >= 0.3 is 5.97 Å². The van der Waals surface area contributed by atoms with Gasteiger partial charge in [-0.2, -0.15) is 5.10 Å². The maximum atomic E-state index is 10.8. The number of pyridine rings is 1. The molecule has 0 amide bonds. The number of carbonyl (C=O) groups is 1. The predicted molar refractivity (Wildman–Crippen MR) is 67.1 cm³/mol. The van der Waals surface area contributed by atoms with E-state index in [0.717, 1.165) is 17.8 Å². The second-order valence-corrected chi connectivity index (χ2v) is 3.85. The highest BCUT2D eigenvalue weighted by Gasteiger charge is 2.09. The Balaban J connectivity index is 2.28. The van der Waals surface area contributed by atoms with Crippen molar-refractivity contribution in [3.8, 4) is 0 Å². The number of carboxylic acid groups (broad SMARTS) is 1. The van der Waals surface area contributed by atoms with E-state index >= 15 is 0 Å². The molecule has 2 aromatic heterocycles. The number of rotatable bonds is 4. The van der Waals surface area contributed by atoms with E-state index in [0.29, 0.717) is 5.82 Å². The number of aryl methyl sites for hydroxylation is 2. The first-order chi connectivity index (χ1) is 8.60. The first-order valence-corrected chi connectivity index (χ1v) is 5.60. The molecule has 0 spiro atoms. The lowest BCUT2D eigenvalue weighted by Gasteiger charge is -2.05. The van der Waals surface area contributed by atoms with E-state index in [2.05, 4.69) is 15.4 Å². The SMILES string of the molecule is CCc1nn(C)cc1Nc1cccc(C(=O)O)n1. The number of hydrogen-bond acceptors (Lipinski definition) is 4. The fourth-order valence-electron chi connectivity index (χ4n) is 1.66. The second-order valence-electron chi connectivity index (χ2n) is 3.85. The standard InChI is InChI=1S/C12H14N4O2/c1-3-8-10(7-16(2)15-8)14-11-6-4-5-9(13-11)12(17)18/h4-7H,3H2,1-2H3,(H,13,14)(H,17,18). The maximum absolute atomic E-state index is 10.8. The van der Waals surface area contributed by atoms with Gasteiger partial charge in [0, 0.05) is 13.2 Å². The average molecular weight is 246 g/mol. The molecule has 0 atom stereocenters. The Morgan fingerprint density at radius 2 is 2.28 bits per heavy atom. The Bertz CT molecular complexity index is 577. The fraction of sp³-hybridized carbons (Fsp3) is 0.250. The van der Waals surface area contributed by atoms with Crippen LogP contribution < -0.4 is 5.32 Å². The molecule has 94 valence electrons. The lowest BCUT2D eigenvalue weighted by atomic mass is 10.3. The van der Waals surface area contributed by atoms with Crippen LogP contribution in [0.25, 0.3) is 0 Å². The van der Waals surface area contributed by atoms with E-state index in [-0.39, 0.29) is 5.69 Å². The summed E-state index contributed by atoms with van der Waals surface area (Å²) in [6, 6.07) is 4.83. The Morgan fingerprint density at radius 1 is 1.50 bits per heavy atom. The molecule has 0 bridgehead atoms. The van der Waals surface area contributed by atoms with Crippen LogP contribution in [0.2, 0.25) is 0 Å². The molecule has 0 aliphatic carbocycles. The molecule has 0 aromatic carbocycles. The molecule has 0 aliphatic heterocycles. The molecule has 0 saturated heterocycles. The summed E-state index contributed by atoms with van der Waals surface area (Å²) >= 11 is 0. The summed E-state index contributed by atoms with van der Waals surface area (Å²) in [4.78, 5) is 14.8. The number of carboxylic acids is 1. The van der Waals surface area contributed by atoms with Crippen molar-refractivity contribution in [3.05, 3.63) is 35.8 Å². The van der Waals surface area contributed by atoms with Crippen molar-refractivity contribution >= 4 is 17.5 Å². The maximum Gasteiger partial charge on any atom is 0.354 e. The minimum atomic E-state index is -1.04. The molecule has 0 unspecified atom stereocenters. The van der Waals surface area contributed by atoms with Crippen LogP contribution in [0.5, 0.6) is 0 Å². The van der Waals surface area contributed by atoms with Crippen molar-refractivity contribution in [1.82, 2.24) is 14.8 Å². The van der Waals surface area contributed by atoms with Gasteiger partial charge < -0.3 is 10.4 Å². The minimum absolute atomic E-state index is 0.0157. The van der Waals surface area contributed by atoms with Crippen molar-refractivity contribution in [2.75, 3.05) is 5.32 Å². The van der Waals surface area contributed by atoms with E-state index in [4.69, 9.17) is 5.11 Å². The van der Waals surface area contributed by atoms with Gasteiger partial charge in [0.2, 0.25) is 0 Å². The van der Waals surface area contributed by atoms with Gasteiger partial charge in [-0.05, 0) is 18.6 Å². The van der Waals surface area contributed by atoms with Crippen LogP contribution in [0.15, 0.2) is 24.4 Å². The summed E-state index contributed by atoms with van der Waals surface area (Å²) in [5, 5.41) is 16.2. The number of nitrogens with one attached hydrogen (secondary N) is 1. The van der Waals surface area contributed by atoms with Gasteiger partial charge in [0.1, 0.15) is 5.82 Å². The zero-order chi connectivity index (χ0) is 13.1. The van der Waals surface area contributed by atoms with E-state index < -0.39 is 5.97 Å². The molecule has 2 N–H and O–H groups in total. The quantitative estimate of drug-likeness (QED) is 0.860. The topological polar surface area (TPSA) is 80.0 Å². The molecule has 0 aliphatic rings. The van der Waals surface area contributed by atoms with E-state index in [1.807, 2.05) is 20.2 Å². The first-order valence-electron chi connectivity index (χ1n) is 5.60. The average Bonchev–Trinajstić information content (AvgIpc) is 2.69. The fourth-order valence-corrected chi connectivity index (χ4v) is 1.66. The van der Waals surface area contributed by atoms with Crippen LogP contribution in [0, 0.1) is 0 Å². The van der Waals surface area contributed by atoms with Crippen LogP contribution in [0.3, 0.4) is 0 Å². The van der Waals surface area contributed by atoms with Gasteiger partial charge in [-0.3, -0.25) is 4.68 Å². The summed E-state index contributed by atoms with van der Waals surface area (Å²) in [6.07, 6.45) is 2.63. The predicted octanol–water partition coefficient (Wildman–Crippen LogP) is 1.82. The molecule has 0 saturated carbocycles. The van der Waals surface area contributed by atoms with Crippen molar-refractivity contribution in [2.24, 2.45) is 7.05 Å². The molecule has 0 fully saturated rings. The van der Waals surface area contributed by atoms with Crippen molar-refractivity contribution < 1.29 is 9.90 Å². The molecular formula is C12H14N4O2. The van der Waals surface area contributed by atoms with Crippen molar-refractivity contribution in [3.63, 3.8) is 0 Å². The third-order valence-electron chi connectivity index (χ3n) is 2.47. The third-order valence-corrected chi connectivity index (χ3v) is 2.47. The summed E-state index contributed by atoms with van der Waals surface area (Å²) < 4.78 is 1.71. The molecule has 2 heterocycles. The lowest BCUT2D eigenvalue weighted by molar-refractivity contribution is 0.0690. The molecule has 6 nitrogen and oxygen atoms in total. The van der Waals surface area contributed by atoms with Gasteiger partial charge in [0.05, 0.1) is 11.4 Å². The van der Waals surface area contributed by atoms with Crippen LogP contribution in [0.1, 0.15) is 23.1 Å². The molecule has 6 heteroatoms. The molecule has 2 rings (SSSR count). The summed E-state index contributed by atoms with van der Waals surface area (Å²) in [5.41, 5.74) is 1.78. The van der Waals surface area contributed by atoms with Crippen LogP contribution in [0.4, 0.5) is 11.5 Å². The highest BCUT2D eigenvalue weighted by molar-refractivity contribution is 5.85. The van der Waals surface area contributed by atoms with Crippen LogP contribution in [-0.2, 0) is 13.5 Å². The van der Waals surface area contributed by atoms with Gasteiger partial charge in [-0.1, -0.05) is 13.0 Å². The summed E-state index contributed by atoms with van der Waals surface area (Å²) in [7, 11) is 1.84. The highest BCUT2D eigenvalue weighted by Crippen LogP contribution is 2.18. The summed E-state index contributed by atoms with van der Waals surface area (Å²) in [6.45, 7) is 2.01. The van der Waals surface area contributed by atoms with Crippen molar-refractivity contribution in [2.45, 2.75) is 13.3 Å². The first kappa shape index (κ1) is 12.1. The van der Waals surface area contributed by atoms with E-state index in [9.17, 15) is 4.79 Å². The molecular weight excluding hydrogens is 232 g/mol. The Labute approximate surface area is 104 Å². The number of hydrogen-bond donors (Lipinski definition) is 2. The highest BCUT2D eigenvalue weighted by atomic mass is 16.4. The van der Waals surface area contributed by atoms with Crippen LogP contribution in [-0.4, -0.2) is 25.8 Å². The van der Waals surface area contributed by atoms with Gasteiger partial charge in [0.15, 0.2) is 5.69 Å².